The third kappa shape index (κ3) is 30.1. The molecule has 3 nitrogen and oxygen atoms in total. The molecule has 0 aliphatic carbocycles. The highest BCUT2D eigenvalue weighted by Crippen LogP contribution is 2.04. The Balaban J connectivity index is 0. The van der Waals surface area contributed by atoms with Gasteiger partial charge in [0.05, 0.1) is 0 Å². The van der Waals surface area contributed by atoms with Gasteiger partial charge in [0.1, 0.15) is 0 Å². The molecule has 0 saturated heterocycles. The van der Waals surface area contributed by atoms with Crippen LogP contribution in [0, 0.1) is 5.92 Å². The average molecular weight is 216 g/mol. The molecular formula is C10H20O3Si-2. The lowest BCUT2D eigenvalue weighted by Crippen LogP contribution is -2.34. The molecule has 0 amide bonds. The monoisotopic (exact) mass is 216 g/mol. The molecule has 4 heteroatoms. The van der Waals surface area contributed by atoms with Crippen molar-refractivity contribution < 1.29 is 14.1 Å². The summed E-state index contributed by atoms with van der Waals surface area (Å²) in [6, 6.07) is 0. The minimum absolute atomic E-state index is 0.853. The van der Waals surface area contributed by atoms with Crippen molar-refractivity contribution in [3.63, 3.8) is 0 Å². The van der Waals surface area contributed by atoms with Crippen molar-refractivity contribution >= 4 is 9.17 Å². The molecule has 0 fully saturated rings. The summed E-state index contributed by atoms with van der Waals surface area (Å²) in [6.45, 7) is 6.76. The van der Waals surface area contributed by atoms with Crippen LogP contribution in [-0.4, -0.2) is 9.17 Å². The van der Waals surface area contributed by atoms with E-state index in [9.17, 15) is 0 Å². The fourth-order valence-electron chi connectivity index (χ4n) is 0.832. The molecule has 0 spiro atoms. The number of unbranched alkanes of at least 4 members (excludes halogenated alkanes) is 1. The lowest BCUT2D eigenvalue weighted by atomic mass is 10.1. The van der Waals surface area contributed by atoms with E-state index in [-0.39, 0.29) is 0 Å². The van der Waals surface area contributed by atoms with Gasteiger partial charge in [-0.15, -0.1) is 0 Å². The van der Waals surface area contributed by atoms with Crippen LogP contribution >= 0.6 is 0 Å². The molecule has 0 bridgehead atoms. The largest absolute Gasteiger partial charge is 0.672 e. The summed E-state index contributed by atoms with van der Waals surface area (Å²) in [5, 5.41) is 0. The van der Waals surface area contributed by atoms with Crippen LogP contribution in [0.3, 0.4) is 0 Å². The number of hydrogen-bond acceptors (Lipinski definition) is 3. The smallest absolute Gasteiger partial charge is 0.0172 e. The topological polar surface area (TPSA) is 63.2 Å². The molecule has 0 aromatic heterocycles. The van der Waals surface area contributed by atoms with Crippen LogP contribution < -0.4 is 9.59 Å². The van der Waals surface area contributed by atoms with Crippen molar-refractivity contribution in [1.29, 1.82) is 0 Å². The van der Waals surface area contributed by atoms with E-state index in [0.29, 0.717) is 0 Å². The van der Waals surface area contributed by atoms with E-state index >= 15 is 0 Å². The van der Waals surface area contributed by atoms with Crippen molar-refractivity contribution in [1.82, 2.24) is 0 Å². The van der Waals surface area contributed by atoms with Crippen LogP contribution in [0.1, 0.15) is 46.5 Å². The number of hydrogen-bond donors (Lipinski definition) is 0. The van der Waals surface area contributed by atoms with E-state index in [2.05, 4.69) is 32.9 Å². The van der Waals surface area contributed by atoms with Gasteiger partial charge in [0, 0.05) is 9.17 Å². The van der Waals surface area contributed by atoms with Crippen LogP contribution in [0.15, 0.2) is 12.2 Å². The van der Waals surface area contributed by atoms with E-state index in [4.69, 9.17) is 14.1 Å². The standard InChI is InChI=1S/C10H20.O3Si/c1-4-5-6-7-8-9-10(2)3;1-4(2)3/h6-7,10H,4-5,8-9H2,1-3H3;/q;-2/b7-6+;. The molecule has 0 N–H and O–H groups in total. The van der Waals surface area contributed by atoms with Crippen molar-refractivity contribution in [2.45, 2.75) is 46.5 Å². The Morgan fingerprint density at radius 1 is 1.21 bits per heavy atom. The van der Waals surface area contributed by atoms with Gasteiger partial charge in [-0.05, 0) is 25.2 Å². The summed E-state index contributed by atoms with van der Waals surface area (Å²) in [6.07, 6.45) is 9.72. The second kappa shape index (κ2) is 12.4. The predicted octanol–water partition coefficient (Wildman–Crippen LogP) is 0.901. The van der Waals surface area contributed by atoms with Crippen LogP contribution in [0.4, 0.5) is 0 Å². The first kappa shape index (κ1) is 15.8. The SMILES string of the molecule is CCC/C=C/CCC(C)C.O=[Si]([O-])[O-]. The lowest BCUT2D eigenvalue weighted by molar-refractivity contribution is -0.354. The van der Waals surface area contributed by atoms with E-state index in [1.165, 1.54) is 25.7 Å². The van der Waals surface area contributed by atoms with Gasteiger partial charge in [-0.1, -0.05) is 39.3 Å². The van der Waals surface area contributed by atoms with Crippen LogP contribution in [0.5, 0.6) is 0 Å². The highest BCUT2D eigenvalue weighted by molar-refractivity contribution is 6.17. The van der Waals surface area contributed by atoms with Gasteiger partial charge < -0.3 is 14.1 Å². The van der Waals surface area contributed by atoms with Crippen LogP contribution in [0.2, 0.25) is 0 Å². The molecule has 0 aromatic rings. The van der Waals surface area contributed by atoms with Crippen molar-refractivity contribution in [3.8, 4) is 0 Å². The Kier molecular flexibility index (Phi) is 14.0. The zero-order valence-electron chi connectivity index (χ0n) is 9.29. The Labute approximate surface area is 88.4 Å². The van der Waals surface area contributed by atoms with Crippen molar-refractivity contribution in [2.75, 3.05) is 0 Å². The first-order chi connectivity index (χ1) is 6.50. The van der Waals surface area contributed by atoms with Crippen LogP contribution in [-0.2, 0) is 4.46 Å². The second-order valence-electron chi connectivity index (χ2n) is 3.48. The van der Waals surface area contributed by atoms with E-state index in [0.717, 1.165) is 5.92 Å². The molecule has 0 saturated carbocycles. The van der Waals surface area contributed by atoms with Gasteiger partial charge in [0.2, 0.25) is 0 Å². The van der Waals surface area contributed by atoms with E-state index < -0.39 is 9.17 Å². The molecule has 0 rings (SSSR count). The molecule has 0 atom stereocenters. The first-order valence-electron chi connectivity index (χ1n) is 5.03. The maximum atomic E-state index is 8.52. The summed E-state index contributed by atoms with van der Waals surface area (Å²) in [5.74, 6) is 0.853. The van der Waals surface area contributed by atoms with Gasteiger partial charge in [0.25, 0.3) is 0 Å². The highest BCUT2D eigenvalue weighted by atomic mass is 28.3. The molecule has 0 aromatic carbocycles. The third-order valence-electron chi connectivity index (χ3n) is 1.53. The fourth-order valence-corrected chi connectivity index (χ4v) is 0.832. The van der Waals surface area contributed by atoms with Gasteiger partial charge >= 0.3 is 0 Å². The third-order valence-corrected chi connectivity index (χ3v) is 1.53. The zero-order valence-corrected chi connectivity index (χ0v) is 10.3. The zero-order chi connectivity index (χ0) is 11.4. The summed E-state index contributed by atoms with van der Waals surface area (Å²) in [7, 11) is -3.63. The minimum atomic E-state index is -3.63. The van der Waals surface area contributed by atoms with Gasteiger partial charge in [-0.2, -0.15) is 0 Å². The molecule has 0 unspecified atom stereocenters. The fraction of sp³-hybridized carbons (Fsp3) is 0.800. The summed E-state index contributed by atoms with van der Waals surface area (Å²) in [4.78, 5) is 17.0. The van der Waals surface area contributed by atoms with E-state index in [1.807, 2.05) is 0 Å². The second-order valence-corrected chi connectivity index (χ2v) is 3.98. The highest BCUT2D eigenvalue weighted by Gasteiger charge is 1.88. The van der Waals surface area contributed by atoms with Gasteiger partial charge in [-0.25, -0.2) is 0 Å². The van der Waals surface area contributed by atoms with E-state index in [1.54, 1.807) is 0 Å². The normalized spacial score (nSPS) is 10.0. The number of rotatable bonds is 5. The summed E-state index contributed by atoms with van der Waals surface area (Å²) in [5.41, 5.74) is 0. The van der Waals surface area contributed by atoms with Crippen molar-refractivity contribution in [3.05, 3.63) is 12.2 Å². The Bertz CT molecular complexity index is 151. The molecule has 0 heterocycles. The molecule has 0 radical (unpaired) electrons. The maximum Gasteiger partial charge on any atom is 0.0172 e. The average Bonchev–Trinajstić information content (AvgIpc) is 2.02. The minimum Gasteiger partial charge on any atom is -0.672 e. The Morgan fingerprint density at radius 3 is 2.00 bits per heavy atom. The summed E-state index contributed by atoms with van der Waals surface area (Å²) < 4.78 is 8.52. The molecule has 0 aliphatic heterocycles. The van der Waals surface area contributed by atoms with Crippen molar-refractivity contribution in [2.24, 2.45) is 5.92 Å². The predicted molar refractivity (Wildman–Crippen MR) is 54.6 cm³/mol. The van der Waals surface area contributed by atoms with Crippen LogP contribution in [0.25, 0.3) is 0 Å². The molecule has 0 aliphatic rings. The summed E-state index contributed by atoms with van der Waals surface area (Å²) >= 11 is 0. The number of allylic oxidation sites excluding steroid dienone is 2. The lowest BCUT2D eigenvalue weighted by Gasteiger charge is -1.98. The Morgan fingerprint density at radius 2 is 1.64 bits per heavy atom. The Hall–Kier alpha value is -0.643. The maximum absolute atomic E-state index is 8.52. The van der Waals surface area contributed by atoms with Gasteiger partial charge in [0.15, 0.2) is 0 Å². The first-order valence-corrected chi connectivity index (χ1v) is 6.26. The quantitative estimate of drug-likeness (QED) is 0.506. The molecule has 14 heavy (non-hydrogen) atoms. The molecule has 84 valence electrons. The van der Waals surface area contributed by atoms with Gasteiger partial charge in [-0.3, -0.25) is 0 Å². The molecular weight excluding hydrogens is 196 g/mol.